The third-order valence-electron chi connectivity index (χ3n) is 2.61. The second-order valence-corrected chi connectivity index (χ2v) is 7.16. The van der Waals surface area contributed by atoms with Crippen molar-refractivity contribution in [1.82, 2.24) is 14.9 Å². The Balaban J connectivity index is 2.14. The monoisotopic (exact) mass is 292 g/mol. The number of nitrogen functional groups attached to an aromatic ring is 1. The summed E-state index contributed by atoms with van der Waals surface area (Å²) in [4.78, 5) is 10.4. The Kier molecular flexibility index (Phi) is 3.48. The minimum Gasteiger partial charge on any atom is -0.481 e. The number of carboxylic acids is 1. The SMILES string of the molecule is Nn1c(SCC(=O)O)nnc1C1CCS(=O)(=O)C1. The Morgan fingerprint density at radius 2 is 2.28 bits per heavy atom. The van der Waals surface area contributed by atoms with Crippen LogP contribution in [0.3, 0.4) is 0 Å². The lowest BCUT2D eigenvalue weighted by Crippen LogP contribution is -2.18. The Labute approximate surface area is 107 Å². The molecule has 100 valence electrons. The van der Waals surface area contributed by atoms with E-state index in [-0.39, 0.29) is 28.3 Å². The summed E-state index contributed by atoms with van der Waals surface area (Å²) in [5, 5.41) is 16.5. The van der Waals surface area contributed by atoms with Crippen LogP contribution in [0.15, 0.2) is 5.16 Å². The van der Waals surface area contributed by atoms with Gasteiger partial charge >= 0.3 is 5.97 Å². The molecule has 0 saturated carbocycles. The fourth-order valence-electron chi connectivity index (χ4n) is 1.79. The Bertz CT molecular complexity index is 568. The molecule has 1 atom stereocenters. The normalized spacial score (nSPS) is 22.1. The van der Waals surface area contributed by atoms with E-state index in [9.17, 15) is 13.2 Å². The van der Waals surface area contributed by atoms with Gasteiger partial charge in [-0.3, -0.25) is 4.79 Å². The summed E-state index contributed by atoms with van der Waals surface area (Å²) < 4.78 is 23.9. The van der Waals surface area contributed by atoms with Crippen molar-refractivity contribution in [1.29, 1.82) is 0 Å². The molecule has 18 heavy (non-hydrogen) atoms. The minimum absolute atomic E-state index is 0.0198. The third kappa shape index (κ3) is 2.75. The van der Waals surface area contributed by atoms with Crippen molar-refractivity contribution < 1.29 is 18.3 Å². The maximum atomic E-state index is 11.4. The van der Waals surface area contributed by atoms with Gasteiger partial charge in [0.05, 0.1) is 17.3 Å². The van der Waals surface area contributed by atoms with Crippen LogP contribution in [0.5, 0.6) is 0 Å². The van der Waals surface area contributed by atoms with Crippen LogP contribution in [0.25, 0.3) is 0 Å². The number of hydrogen-bond acceptors (Lipinski definition) is 7. The second-order valence-electron chi connectivity index (χ2n) is 3.99. The molecule has 10 heteroatoms. The molecular formula is C8H12N4O4S2. The molecule has 1 aliphatic heterocycles. The summed E-state index contributed by atoms with van der Waals surface area (Å²) in [6, 6.07) is 0. The number of sulfone groups is 1. The number of nitrogens with zero attached hydrogens (tertiary/aromatic N) is 3. The molecule has 0 aromatic carbocycles. The van der Waals surface area contributed by atoms with Gasteiger partial charge in [0.15, 0.2) is 15.7 Å². The van der Waals surface area contributed by atoms with Crippen molar-refractivity contribution in [3.05, 3.63) is 5.82 Å². The van der Waals surface area contributed by atoms with E-state index in [1.54, 1.807) is 0 Å². The first kappa shape index (κ1) is 13.1. The Morgan fingerprint density at radius 1 is 1.56 bits per heavy atom. The molecule has 0 amide bonds. The Hall–Kier alpha value is -1.29. The number of rotatable bonds is 4. The van der Waals surface area contributed by atoms with Gasteiger partial charge in [-0.1, -0.05) is 11.8 Å². The first-order chi connectivity index (χ1) is 8.39. The molecule has 2 rings (SSSR count). The highest BCUT2D eigenvalue weighted by Gasteiger charge is 2.33. The highest BCUT2D eigenvalue weighted by atomic mass is 32.2. The van der Waals surface area contributed by atoms with E-state index in [0.29, 0.717) is 12.2 Å². The van der Waals surface area contributed by atoms with E-state index in [1.807, 2.05) is 0 Å². The quantitative estimate of drug-likeness (QED) is 0.538. The third-order valence-corrected chi connectivity index (χ3v) is 5.31. The van der Waals surface area contributed by atoms with E-state index >= 15 is 0 Å². The molecular weight excluding hydrogens is 280 g/mol. The van der Waals surface area contributed by atoms with Gasteiger partial charge in [-0.25, -0.2) is 13.1 Å². The van der Waals surface area contributed by atoms with Gasteiger partial charge in [-0.2, -0.15) is 0 Å². The number of aliphatic carboxylic acids is 1. The van der Waals surface area contributed by atoms with E-state index in [0.717, 1.165) is 11.8 Å². The number of aromatic nitrogens is 3. The van der Waals surface area contributed by atoms with Gasteiger partial charge in [-0.05, 0) is 6.42 Å². The van der Waals surface area contributed by atoms with Gasteiger partial charge < -0.3 is 10.9 Å². The lowest BCUT2D eigenvalue weighted by atomic mass is 10.1. The standard InChI is InChI=1S/C8H12N4O4S2/c9-12-7(5-1-2-18(15,16)4-5)10-11-8(12)17-3-6(13)14/h5H,1-4,9H2,(H,13,14). The van der Waals surface area contributed by atoms with Crippen molar-refractivity contribution in [2.75, 3.05) is 23.1 Å². The van der Waals surface area contributed by atoms with E-state index in [1.165, 1.54) is 4.68 Å². The molecule has 3 N–H and O–H groups in total. The highest BCUT2D eigenvalue weighted by Crippen LogP contribution is 2.28. The molecule has 1 fully saturated rings. The van der Waals surface area contributed by atoms with Gasteiger partial charge in [0.25, 0.3) is 0 Å². The first-order valence-electron chi connectivity index (χ1n) is 5.14. The van der Waals surface area contributed by atoms with E-state index in [4.69, 9.17) is 10.9 Å². The molecule has 2 heterocycles. The van der Waals surface area contributed by atoms with Gasteiger partial charge in [0.2, 0.25) is 5.16 Å². The van der Waals surface area contributed by atoms with Crippen molar-refractivity contribution in [2.24, 2.45) is 0 Å². The molecule has 1 unspecified atom stereocenters. The summed E-state index contributed by atoms with van der Waals surface area (Å²) in [5.74, 6) is 4.88. The van der Waals surface area contributed by atoms with Crippen LogP contribution in [0.4, 0.5) is 0 Å². The molecule has 0 aliphatic carbocycles. The zero-order chi connectivity index (χ0) is 13.3. The van der Waals surface area contributed by atoms with Crippen LogP contribution >= 0.6 is 11.8 Å². The molecule has 1 aliphatic rings. The fraction of sp³-hybridized carbons (Fsp3) is 0.625. The van der Waals surface area contributed by atoms with Gasteiger partial charge in [0.1, 0.15) is 0 Å². The fourth-order valence-corrected chi connectivity index (χ4v) is 4.11. The summed E-state index contributed by atoms with van der Waals surface area (Å²) in [5.41, 5.74) is 0. The van der Waals surface area contributed by atoms with Crippen molar-refractivity contribution in [3.8, 4) is 0 Å². The van der Waals surface area contributed by atoms with Gasteiger partial charge in [0, 0.05) is 5.92 Å². The maximum Gasteiger partial charge on any atom is 0.313 e. The molecule has 1 aromatic rings. The largest absolute Gasteiger partial charge is 0.481 e. The summed E-state index contributed by atoms with van der Waals surface area (Å²) >= 11 is 0.950. The average molecular weight is 292 g/mol. The highest BCUT2D eigenvalue weighted by molar-refractivity contribution is 7.99. The van der Waals surface area contributed by atoms with Crippen LogP contribution in [-0.4, -0.2) is 51.6 Å². The molecule has 1 saturated heterocycles. The van der Waals surface area contributed by atoms with Crippen LogP contribution in [0.1, 0.15) is 18.2 Å². The zero-order valence-electron chi connectivity index (χ0n) is 9.31. The lowest BCUT2D eigenvalue weighted by molar-refractivity contribution is -0.133. The molecule has 8 nitrogen and oxygen atoms in total. The zero-order valence-corrected chi connectivity index (χ0v) is 10.9. The minimum atomic E-state index is -3.01. The summed E-state index contributed by atoms with van der Waals surface area (Å²) in [7, 11) is -3.01. The smallest absolute Gasteiger partial charge is 0.313 e. The van der Waals surface area contributed by atoms with Crippen molar-refractivity contribution >= 4 is 27.6 Å². The predicted molar refractivity (Wildman–Crippen MR) is 64.5 cm³/mol. The molecule has 0 bridgehead atoms. The van der Waals surface area contributed by atoms with Crippen LogP contribution in [0, 0.1) is 0 Å². The Morgan fingerprint density at radius 3 is 2.83 bits per heavy atom. The topological polar surface area (TPSA) is 128 Å². The molecule has 0 radical (unpaired) electrons. The average Bonchev–Trinajstić information content (AvgIpc) is 2.79. The van der Waals surface area contributed by atoms with Crippen LogP contribution < -0.4 is 5.84 Å². The van der Waals surface area contributed by atoms with Crippen LogP contribution in [-0.2, 0) is 14.6 Å². The number of carboxylic acid groups (broad SMARTS) is 1. The second kappa shape index (κ2) is 4.76. The lowest BCUT2D eigenvalue weighted by Gasteiger charge is -2.06. The van der Waals surface area contributed by atoms with E-state index < -0.39 is 15.8 Å². The van der Waals surface area contributed by atoms with Crippen molar-refractivity contribution in [2.45, 2.75) is 17.5 Å². The van der Waals surface area contributed by atoms with E-state index in [2.05, 4.69) is 10.2 Å². The molecule has 1 aromatic heterocycles. The number of hydrogen-bond donors (Lipinski definition) is 2. The van der Waals surface area contributed by atoms with Crippen LogP contribution in [0.2, 0.25) is 0 Å². The molecule has 0 spiro atoms. The first-order valence-corrected chi connectivity index (χ1v) is 7.95. The van der Waals surface area contributed by atoms with Gasteiger partial charge in [-0.15, -0.1) is 10.2 Å². The predicted octanol–water partition coefficient (Wildman–Crippen LogP) is -0.929. The number of carbonyl (C=O) groups is 1. The number of nitrogens with two attached hydrogens (primary N) is 1. The maximum absolute atomic E-state index is 11.4. The number of thioether (sulfide) groups is 1. The summed E-state index contributed by atoms with van der Waals surface area (Å²) in [6.07, 6.45) is 0.473. The van der Waals surface area contributed by atoms with Crippen molar-refractivity contribution in [3.63, 3.8) is 0 Å². The summed E-state index contributed by atoms with van der Waals surface area (Å²) in [6.45, 7) is 0.